The van der Waals surface area contributed by atoms with Gasteiger partial charge in [0.15, 0.2) is 0 Å². The predicted octanol–water partition coefficient (Wildman–Crippen LogP) is 2.36. The van der Waals surface area contributed by atoms with Gasteiger partial charge in [0.2, 0.25) is 5.91 Å². The van der Waals surface area contributed by atoms with Crippen molar-refractivity contribution in [3.8, 4) is 11.3 Å². The minimum Gasteiger partial charge on any atom is -0.460 e. The second-order valence-corrected chi connectivity index (χ2v) is 4.68. The van der Waals surface area contributed by atoms with Crippen molar-refractivity contribution in [2.45, 2.75) is 26.4 Å². The fraction of sp³-hybridized carbons (Fsp3) is 0.267. The molecular weight excluding hydrogens is 259 g/mol. The number of nitrogens with two attached hydrogens (primary N) is 1. The fourth-order valence-corrected chi connectivity index (χ4v) is 1.85. The van der Waals surface area contributed by atoms with Crippen LogP contribution in [0.3, 0.4) is 0 Å². The molecular formula is C15H17FN2O2. The van der Waals surface area contributed by atoms with E-state index in [1.54, 1.807) is 38.1 Å². The van der Waals surface area contributed by atoms with Crippen LogP contribution in [0.1, 0.15) is 18.2 Å². The molecule has 3 N–H and O–H groups in total. The van der Waals surface area contributed by atoms with Crippen LogP contribution in [0.5, 0.6) is 0 Å². The summed E-state index contributed by atoms with van der Waals surface area (Å²) >= 11 is 0. The third-order valence-electron chi connectivity index (χ3n) is 3.20. The largest absolute Gasteiger partial charge is 0.460 e. The van der Waals surface area contributed by atoms with E-state index in [-0.39, 0.29) is 5.82 Å². The quantitative estimate of drug-likeness (QED) is 0.880. The zero-order valence-electron chi connectivity index (χ0n) is 11.4. The maximum atomic E-state index is 13.5. The summed E-state index contributed by atoms with van der Waals surface area (Å²) in [5.41, 5.74) is 6.43. The Balaban J connectivity index is 2.13. The predicted molar refractivity (Wildman–Crippen MR) is 74.3 cm³/mol. The minimum atomic E-state index is -0.431. The smallest absolute Gasteiger partial charge is 0.234 e. The van der Waals surface area contributed by atoms with Gasteiger partial charge < -0.3 is 10.2 Å². The Morgan fingerprint density at radius 3 is 2.85 bits per heavy atom. The molecule has 1 heterocycles. The van der Waals surface area contributed by atoms with Gasteiger partial charge in [-0.1, -0.05) is 12.1 Å². The Bertz CT molecular complexity index is 622. The summed E-state index contributed by atoms with van der Waals surface area (Å²) in [4.78, 5) is 10.9. The van der Waals surface area contributed by atoms with E-state index in [1.807, 2.05) is 0 Å². The Morgan fingerprint density at radius 2 is 2.15 bits per heavy atom. The molecule has 0 saturated carbocycles. The molecule has 1 aromatic heterocycles. The van der Waals surface area contributed by atoms with Crippen LogP contribution in [0.25, 0.3) is 11.3 Å². The molecule has 1 aromatic carbocycles. The van der Waals surface area contributed by atoms with Crippen LogP contribution < -0.4 is 11.1 Å². The lowest BCUT2D eigenvalue weighted by Gasteiger charge is -2.08. The van der Waals surface area contributed by atoms with E-state index in [1.165, 1.54) is 6.07 Å². The minimum absolute atomic E-state index is 0.263. The first-order valence-corrected chi connectivity index (χ1v) is 6.36. The van der Waals surface area contributed by atoms with Gasteiger partial charge in [-0.05, 0) is 37.6 Å². The standard InChI is InChI=1S/C15H17FN2O2/c1-9-12(4-3-5-13(9)16)14-7-6-11(20-14)8-18-10(2)15(17)19/h3-7,10,18H,8H2,1-2H3,(H2,17,19)/t10-/m0/s1. The molecule has 106 valence electrons. The van der Waals surface area contributed by atoms with Gasteiger partial charge in [0.1, 0.15) is 17.3 Å². The van der Waals surface area contributed by atoms with E-state index < -0.39 is 11.9 Å². The Hall–Kier alpha value is -2.14. The summed E-state index contributed by atoms with van der Waals surface area (Å²) in [5, 5.41) is 2.95. The van der Waals surface area contributed by atoms with Crippen LogP contribution >= 0.6 is 0 Å². The number of halogens is 1. The van der Waals surface area contributed by atoms with Gasteiger partial charge in [-0.2, -0.15) is 0 Å². The van der Waals surface area contributed by atoms with Crippen molar-refractivity contribution in [3.05, 3.63) is 47.5 Å². The maximum Gasteiger partial charge on any atom is 0.234 e. The van der Waals surface area contributed by atoms with E-state index in [0.29, 0.717) is 23.6 Å². The Kier molecular flexibility index (Phi) is 4.20. The molecule has 5 heteroatoms. The molecule has 0 aliphatic heterocycles. The van der Waals surface area contributed by atoms with Gasteiger partial charge in [0.25, 0.3) is 0 Å². The molecule has 2 aromatic rings. The number of hydrogen-bond donors (Lipinski definition) is 2. The fourth-order valence-electron chi connectivity index (χ4n) is 1.85. The lowest BCUT2D eigenvalue weighted by Crippen LogP contribution is -2.38. The average Bonchev–Trinajstić information content (AvgIpc) is 2.87. The van der Waals surface area contributed by atoms with Crippen molar-refractivity contribution >= 4 is 5.91 Å². The van der Waals surface area contributed by atoms with Crippen molar-refractivity contribution in [2.75, 3.05) is 0 Å². The average molecular weight is 276 g/mol. The van der Waals surface area contributed by atoms with Gasteiger partial charge >= 0.3 is 0 Å². The first-order chi connectivity index (χ1) is 9.49. The van der Waals surface area contributed by atoms with E-state index in [0.717, 1.165) is 5.56 Å². The van der Waals surface area contributed by atoms with Crippen LogP contribution in [-0.4, -0.2) is 11.9 Å². The molecule has 1 amide bonds. The van der Waals surface area contributed by atoms with E-state index in [4.69, 9.17) is 10.2 Å². The number of primary amides is 1. The Morgan fingerprint density at radius 1 is 1.40 bits per heavy atom. The maximum absolute atomic E-state index is 13.5. The van der Waals surface area contributed by atoms with Gasteiger partial charge in [0, 0.05) is 5.56 Å². The lowest BCUT2D eigenvalue weighted by atomic mass is 10.1. The van der Waals surface area contributed by atoms with Crippen molar-refractivity contribution in [1.29, 1.82) is 0 Å². The lowest BCUT2D eigenvalue weighted by molar-refractivity contribution is -0.119. The van der Waals surface area contributed by atoms with E-state index in [9.17, 15) is 9.18 Å². The highest BCUT2D eigenvalue weighted by molar-refractivity contribution is 5.79. The van der Waals surface area contributed by atoms with Crippen LogP contribution in [-0.2, 0) is 11.3 Å². The molecule has 20 heavy (non-hydrogen) atoms. The van der Waals surface area contributed by atoms with E-state index >= 15 is 0 Å². The summed E-state index contributed by atoms with van der Waals surface area (Å²) in [7, 11) is 0. The summed E-state index contributed by atoms with van der Waals surface area (Å²) in [6.45, 7) is 3.78. The monoisotopic (exact) mass is 276 g/mol. The van der Waals surface area contributed by atoms with E-state index in [2.05, 4.69) is 5.32 Å². The number of carbonyl (C=O) groups excluding carboxylic acids is 1. The third-order valence-corrected chi connectivity index (χ3v) is 3.20. The Labute approximate surface area is 116 Å². The highest BCUT2D eigenvalue weighted by atomic mass is 19.1. The van der Waals surface area contributed by atoms with Crippen molar-refractivity contribution < 1.29 is 13.6 Å². The molecule has 0 aliphatic carbocycles. The van der Waals surface area contributed by atoms with Crippen LogP contribution in [0, 0.1) is 12.7 Å². The topological polar surface area (TPSA) is 68.3 Å². The molecule has 1 atom stereocenters. The third kappa shape index (κ3) is 3.05. The number of carbonyl (C=O) groups is 1. The highest BCUT2D eigenvalue weighted by Crippen LogP contribution is 2.26. The molecule has 0 bridgehead atoms. The van der Waals surface area contributed by atoms with Crippen LogP contribution in [0.4, 0.5) is 4.39 Å². The van der Waals surface area contributed by atoms with Gasteiger partial charge in [-0.3, -0.25) is 10.1 Å². The summed E-state index contributed by atoms with van der Waals surface area (Å²) in [6, 6.07) is 8.01. The summed E-state index contributed by atoms with van der Waals surface area (Å²) in [6.07, 6.45) is 0. The van der Waals surface area contributed by atoms with Gasteiger partial charge in [-0.25, -0.2) is 4.39 Å². The summed E-state index contributed by atoms with van der Waals surface area (Å²) < 4.78 is 19.2. The zero-order valence-corrected chi connectivity index (χ0v) is 11.4. The molecule has 2 rings (SSSR count). The zero-order chi connectivity index (χ0) is 14.7. The first kappa shape index (κ1) is 14.3. The SMILES string of the molecule is Cc1c(F)cccc1-c1ccc(CN[C@@H](C)C(N)=O)o1. The molecule has 0 radical (unpaired) electrons. The van der Waals surface area contributed by atoms with Crippen molar-refractivity contribution in [2.24, 2.45) is 5.73 Å². The second kappa shape index (κ2) is 5.88. The van der Waals surface area contributed by atoms with Crippen LogP contribution in [0.15, 0.2) is 34.7 Å². The number of furan rings is 1. The molecule has 0 saturated heterocycles. The number of nitrogens with one attached hydrogen (secondary N) is 1. The molecule has 0 fully saturated rings. The van der Waals surface area contributed by atoms with Crippen LogP contribution in [0.2, 0.25) is 0 Å². The normalized spacial score (nSPS) is 12.3. The molecule has 0 aliphatic rings. The number of rotatable bonds is 5. The highest BCUT2D eigenvalue weighted by Gasteiger charge is 2.12. The molecule has 0 unspecified atom stereocenters. The second-order valence-electron chi connectivity index (χ2n) is 4.68. The first-order valence-electron chi connectivity index (χ1n) is 6.36. The molecule has 4 nitrogen and oxygen atoms in total. The van der Waals surface area contributed by atoms with Crippen molar-refractivity contribution in [3.63, 3.8) is 0 Å². The number of benzene rings is 1. The summed E-state index contributed by atoms with van der Waals surface area (Å²) in [5.74, 6) is 0.584. The van der Waals surface area contributed by atoms with Gasteiger partial charge in [-0.15, -0.1) is 0 Å². The molecule has 0 spiro atoms. The number of amides is 1. The van der Waals surface area contributed by atoms with Gasteiger partial charge in [0.05, 0.1) is 12.6 Å². The number of hydrogen-bond acceptors (Lipinski definition) is 3. The van der Waals surface area contributed by atoms with Crippen molar-refractivity contribution in [1.82, 2.24) is 5.32 Å².